The Morgan fingerprint density at radius 2 is 2.09 bits per heavy atom. The zero-order valence-electron chi connectivity index (χ0n) is 19.5. The van der Waals surface area contributed by atoms with E-state index in [2.05, 4.69) is 20.6 Å². The number of nitrogens with one attached hydrogen (secondary N) is 2. The summed E-state index contributed by atoms with van der Waals surface area (Å²) in [5, 5.41) is 17.2. The molecule has 1 saturated heterocycles. The summed E-state index contributed by atoms with van der Waals surface area (Å²) in [6, 6.07) is 6.76. The van der Waals surface area contributed by atoms with Crippen molar-refractivity contribution in [3.05, 3.63) is 35.9 Å². The number of aromatic nitrogens is 2. The fraction of sp³-hybridized carbons (Fsp3) is 0.478. The molecule has 0 spiro atoms. The molecule has 3 rings (SSSR count). The maximum atomic E-state index is 14.6. The van der Waals surface area contributed by atoms with Gasteiger partial charge in [0.25, 0.3) is 0 Å². The van der Waals surface area contributed by atoms with Crippen molar-refractivity contribution in [3.8, 4) is 11.9 Å². The summed E-state index contributed by atoms with van der Waals surface area (Å²) in [5.74, 6) is -0.215. The molecule has 1 aromatic carbocycles. The number of piperidine rings is 1. The van der Waals surface area contributed by atoms with Crippen LogP contribution in [0.2, 0.25) is 0 Å². The highest BCUT2D eigenvalue weighted by atomic mass is 19.1. The molecule has 1 aliphatic rings. The smallest absolute Gasteiger partial charge is 0.473 e. The predicted molar refractivity (Wildman–Crippen MR) is 123 cm³/mol. The highest BCUT2D eigenvalue weighted by Gasteiger charge is 2.26. The fourth-order valence-electron chi connectivity index (χ4n) is 3.30. The van der Waals surface area contributed by atoms with Gasteiger partial charge >= 0.3 is 6.16 Å². The van der Waals surface area contributed by atoms with Gasteiger partial charge < -0.3 is 24.9 Å². The number of hydrogen-bond acceptors (Lipinski definition) is 10. The topological polar surface area (TPSA) is 122 Å². The van der Waals surface area contributed by atoms with Crippen LogP contribution in [0.3, 0.4) is 0 Å². The SMILES string of the molecule is CCCNc1ccc(Nc2ncnc(OC3CCN(OC(=O)OC(C)C)CC3)c2C#N)c(F)c1. The van der Waals surface area contributed by atoms with Crippen molar-refractivity contribution in [2.45, 2.75) is 52.2 Å². The zero-order valence-corrected chi connectivity index (χ0v) is 19.5. The normalized spacial score (nSPS) is 14.4. The van der Waals surface area contributed by atoms with Crippen LogP contribution in [-0.4, -0.2) is 53.0 Å². The number of ether oxygens (including phenoxy) is 2. The average molecular weight is 473 g/mol. The van der Waals surface area contributed by atoms with E-state index in [-0.39, 0.29) is 35.2 Å². The number of halogens is 1. The molecule has 1 aliphatic heterocycles. The van der Waals surface area contributed by atoms with E-state index < -0.39 is 12.0 Å². The number of benzene rings is 1. The van der Waals surface area contributed by atoms with Crippen LogP contribution < -0.4 is 15.4 Å². The molecule has 2 aromatic rings. The van der Waals surface area contributed by atoms with Gasteiger partial charge in [-0.05, 0) is 38.5 Å². The Morgan fingerprint density at radius 3 is 2.74 bits per heavy atom. The Morgan fingerprint density at radius 1 is 1.32 bits per heavy atom. The Kier molecular flexibility index (Phi) is 8.81. The number of nitriles is 1. The van der Waals surface area contributed by atoms with Crippen LogP contribution in [0.25, 0.3) is 0 Å². The molecule has 0 bridgehead atoms. The predicted octanol–water partition coefficient (Wildman–Crippen LogP) is 4.37. The van der Waals surface area contributed by atoms with Crippen molar-refractivity contribution in [2.24, 2.45) is 0 Å². The van der Waals surface area contributed by atoms with Crippen LogP contribution in [0, 0.1) is 17.1 Å². The van der Waals surface area contributed by atoms with Crippen molar-refractivity contribution in [2.75, 3.05) is 30.3 Å². The molecule has 1 fully saturated rings. The lowest BCUT2D eigenvalue weighted by Crippen LogP contribution is -2.40. The summed E-state index contributed by atoms with van der Waals surface area (Å²) >= 11 is 0. The lowest BCUT2D eigenvalue weighted by Gasteiger charge is -2.30. The first-order chi connectivity index (χ1) is 16.4. The molecular weight excluding hydrogens is 443 g/mol. The van der Waals surface area contributed by atoms with Crippen molar-refractivity contribution in [1.82, 2.24) is 15.0 Å². The number of anilines is 3. The Balaban J connectivity index is 1.62. The van der Waals surface area contributed by atoms with E-state index in [0.29, 0.717) is 31.6 Å². The summed E-state index contributed by atoms with van der Waals surface area (Å²) < 4.78 is 25.5. The number of rotatable bonds is 9. The molecule has 0 saturated carbocycles. The molecule has 0 atom stereocenters. The molecule has 2 N–H and O–H groups in total. The first-order valence-electron chi connectivity index (χ1n) is 11.2. The van der Waals surface area contributed by atoms with Crippen LogP contribution in [0.5, 0.6) is 5.88 Å². The van der Waals surface area contributed by atoms with E-state index >= 15 is 0 Å². The van der Waals surface area contributed by atoms with Gasteiger partial charge in [0.1, 0.15) is 24.3 Å². The lowest BCUT2D eigenvalue weighted by molar-refractivity contribution is -0.151. The van der Waals surface area contributed by atoms with Gasteiger partial charge in [0.15, 0.2) is 11.4 Å². The van der Waals surface area contributed by atoms with E-state index in [0.717, 1.165) is 13.0 Å². The van der Waals surface area contributed by atoms with E-state index in [1.165, 1.54) is 17.5 Å². The quantitative estimate of drug-likeness (QED) is 0.509. The maximum absolute atomic E-state index is 14.6. The van der Waals surface area contributed by atoms with Gasteiger partial charge in [0, 0.05) is 38.2 Å². The third kappa shape index (κ3) is 6.92. The van der Waals surface area contributed by atoms with E-state index in [4.69, 9.17) is 14.3 Å². The second-order valence-electron chi connectivity index (χ2n) is 8.01. The maximum Gasteiger partial charge on any atom is 0.528 e. The van der Waals surface area contributed by atoms with Crippen LogP contribution in [0.4, 0.5) is 26.4 Å². The standard InChI is InChI=1S/C23H29FN6O4/c1-4-9-26-16-5-6-20(19(24)12-16)29-21-18(13-25)22(28-14-27-21)33-17-7-10-30(11-8-17)34-23(31)32-15(2)3/h5-6,12,14-15,17,26H,4,7-11H2,1-3H3,(H,27,28,29). The lowest BCUT2D eigenvalue weighted by atomic mass is 10.1. The molecule has 10 nitrogen and oxygen atoms in total. The molecule has 0 unspecified atom stereocenters. The summed E-state index contributed by atoms with van der Waals surface area (Å²) in [4.78, 5) is 25.0. The molecule has 2 heterocycles. The average Bonchev–Trinajstić information content (AvgIpc) is 2.80. The van der Waals surface area contributed by atoms with E-state index in [9.17, 15) is 14.4 Å². The molecular formula is C23H29FN6O4. The first kappa shape index (κ1) is 25.0. The van der Waals surface area contributed by atoms with Gasteiger partial charge in [0.2, 0.25) is 5.88 Å². The number of nitrogens with zero attached hydrogens (tertiary/aromatic N) is 4. The summed E-state index contributed by atoms with van der Waals surface area (Å²) in [5.41, 5.74) is 0.932. The van der Waals surface area contributed by atoms with Gasteiger partial charge in [0.05, 0.1) is 11.8 Å². The number of hydroxylamine groups is 2. The number of carbonyl (C=O) groups is 1. The van der Waals surface area contributed by atoms with Crippen LogP contribution >= 0.6 is 0 Å². The highest BCUT2D eigenvalue weighted by molar-refractivity contribution is 5.67. The molecule has 182 valence electrons. The second-order valence-corrected chi connectivity index (χ2v) is 8.01. The molecule has 0 amide bonds. The molecule has 0 aliphatic carbocycles. The van der Waals surface area contributed by atoms with Gasteiger partial charge in [-0.1, -0.05) is 6.92 Å². The van der Waals surface area contributed by atoms with Gasteiger partial charge in [-0.2, -0.15) is 5.26 Å². The van der Waals surface area contributed by atoms with Crippen molar-refractivity contribution in [3.63, 3.8) is 0 Å². The fourth-order valence-corrected chi connectivity index (χ4v) is 3.30. The van der Waals surface area contributed by atoms with E-state index in [1.54, 1.807) is 26.0 Å². The van der Waals surface area contributed by atoms with Crippen LogP contribution in [0.15, 0.2) is 24.5 Å². The minimum absolute atomic E-state index is 0.0780. The van der Waals surface area contributed by atoms with Gasteiger partial charge in [-0.25, -0.2) is 19.2 Å². The minimum Gasteiger partial charge on any atom is -0.473 e. The first-order valence-corrected chi connectivity index (χ1v) is 11.2. The Bertz CT molecular complexity index is 1020. The number of carbonyl (C=O) groups excluding carboxylic acids is 1. The number of hydrogen-bond donors (Lipinski definition) is 2. The largest absolute Gasteiger partial charge is 0.528 e. The highest BCUT2D eigenvalue weighted by Crippen LogP contribution is 2.28. The monoisotopic (exact) mass is 472 g/mol. The minimum atomic E-state index is -0.742. The van der Waals surface area contributed by atoms with Crippen LogP contribution in [0.1, 0.15) is 45.6 Å². The summed E-state index contributed by atoms with van der Waals surface area (Å²) in [7, 11) is 0. The zero-order chi connectivity index (χ0) is 24.5. The van der Waals surface area contributed by atoms with Crippen LogP contribution in [-0.2, 0) is 9.57 Å². The summed E-state index contributed by atoms with van der Waals surface area (Å²) in [6.45, 7) is 7.14. The molecule has 11 heteroatoms. The Hall–Kier alpha value is -3.65. The summed E-state index contributed by atoms with van der Waals surface area (Å²) in [6.07, 6.45) is 2.04. The molecule has 0 radical (unpaired) electrons. The van der Waals surface area contributed by atoms with Crippen molar-refractivity contribution < 1.29 is 23.5 Å². The van der Waals surface area contributed by atoms with Gasteiger partial charge in [-0.3, -0.25) is 0 Å². The van der Waals surface area contributed by atoms with Gasteiger partial charge in [-0.15, -0.1) is 5.06 Å². The Labute approximate surface area is 198 Å². The van der Waals surface area contributed by atoms with Crippen molar-refractivity contribution >= 4 is 23.3 Å². The third-order valence-electron chi connectivity index (χ3n) is 4.94. The molecule has 1 aromatic heterocycles. The second kappa shape index (κ2) is 12.0. The van der Waals surface area contributed by atoms with E-state index in [1.807, 2.05) is 13.0 Å². The third-order valence-corrected chi connectivity index (χ3v) is 4.94. The molecule has 34 heavy (non-hydrogen) atoms. The van der Waals surface area contributed by atoms with Crippen molar-refractivity contribution in [1.29, 1.82) is 5.26 Å².